The van der Waals surface area contributed by atoms with Crippen molar-refractivity contribution in [1.29, 1.82) is 0 Å². The fourth-order valence-corrected chi connectivity index (χ4v) is 4.33. The van der Waals surface area contributed by atoms with Crippen molar-refractivity contribution in [3.8, 4) is 0 Å². The SMILES string of the molecule is CS(=O)(=O)N1C[C@H](c2ncn[nH]2)c2cc(C(=O)NCc3ccc(F)cc3)ccc21. The van der Waals surface area contributed by atoms with Crippen molar-refractivity contribution in [2.24, 2.45) is 0 Å². The Morgan fingerprint density at radius 1 is 1.28 bits per heavy atom. The fraction of sp³-hybridized carbons (Fsp3) is 0.211. The number of nitrogens with zero attached hydrogens (tertiary/aromatic N) is 3. The highest BCUT2D eigenvalue weighted by atomic mass is 32.2. The Kier molecular flexibility index (Phi) is 4.79. The van der Waals surface area contributed by atoms with E-state index >= 15 is 0 Å². The standard InChI is InChI=1S/C19H18FN5O3S/c1-29(27,28)25-10-16(18-22-11-23-24-18)15-8-13(4-7-17(15)25)19(26)21-9-12-2-5-14(20)6-3-12/h2-8,11,16H,9-10H2,1H3,(H,21,26)(H,22,23,24)/t16-/m0/s1. The second-order valence-corrected chi connectivity index (χ2v) is 8.71. The molecule has 0 aliphatic carbocycles. The maximum Gasteiger partial charge on any atom is 0.251 e. The zero-order valence-corrected chi connectivity index (χ0v) is 16.3. The molecule has 3 aromatic rings. The summed E-state index contributed by atoms with van der Waals surface area (Å²) in [7, 11) is -3.48. The van der Waals surface area contributed by atoms with Gasteiger partial charge in [-0.15, -0.1) is 0 Å². The van der Waals surface area contributed by atoms with Gasteiger partial charge in [0.1, 0.15) is 18.0 Å². The molecule has 2 heterocycles. The number of carbonyl (C=O) groups is 1. The maximum absolute atomic E-state index is 13.0. The second kappa shape index (κ2) is 7.28. The van der Waals surface area contributed by atoms with Crippen molar-refractivity contribution in [3.63, 3.8) is 0 Å². The highest BCUT2D eigenvalue weighted by Gasteiger charge is 2.36. The number of aromatic amines is 1. The molecule has 150 valence electrons. The number of fused-ring (bicyclic) bond motifs is 1. The van der Waals surface area contributed by atoms with Gasteiger partial charge >= 0.3 is 0 Å². The Balaban J connectivity index is 1.61. The number of benzene rings is 2. The summed E-state index contributed by atoms with van der Waals surface area (Å²) in [6.07, 6.45) is 2.50. The van der Waals surface area contributed by atoms with Crippen LogP contribution in [0.2, 0.25) is 0 Å². The quantitative estimate of drug-likeness (QED) is 0.661. The minimum atomic E-state index is -3.48. The Morgan fingerprint density at radius 3 is 2.69 bits per heavy atom. The molecule has 1 aliphatic rings. The number of H-pyrrole nitrogens is 1. The molecule has 8 nitrogen and oxygen atoms in total. The van der Waals surface area contributed by atoms with Gasteiger partial charge in [-0.1, -0.05) is 12.1 Å². The second-order valence-electron chi connectivity index (χ2n) is 6.80. The maximum atomic E-state index is 13.0. The smallest absolute Gasteiger partial charge is 0.251 e. The van der Waals surface area contributed by atoms with Crippen LogP contribution in [0.15, 0.2) is 48.8 Å². The van der Waals surface area contributed by atoms with Gasteiger partial charge in [-0.25, -0.2) is 17.8 Å². The van der Waals surface area contributed by atoms with Crippen LogP contribution in [-0.2, 0) is 16.6 Å². The molecule has 1 aromatic heterocycles. The number of rotatable bonds is 5. The van der Waals surface area contributed by atoms with Gasteiger partial charge in [0.2, 0.25) is 10.0 Å². The zero-order valence-electron chi connectivity index (χ0n) is 15.5. The van der Waals surface area contributed by atoms with Crippen LogP contribution in [0.3, 0.4) is 0 Å². The van der Waals surface area contributed by atoms with Crippen molar-refractivity contribution < 1.29 is 17.6 Å². The van der Waals surface area contributed by atoms with Gasteiger partial charge in [0, 0.05) is 18.7 Å². The molecule has 0 saturated heterocycles. The molecule has 1 atom stereocenters. The summed E-state index contributed by atoms with van der Waals surface area (Å²) in [6, 6.07) is 10.7. The van der Waals surface area contributed by atoms with Crippen LogP contribution in [0.25, 0.3) is 0 Å². The Bertz CT molecular complexity index is 1150. The Hall–Kier alpha value is -3.27. The molecule has 29 heavy (non-hydrogen) atoms. The Labute approximate surface area is 166 Å². The van der Waals surface area contributed by atoms with E-state index in [1.54, 1.807) is 30.3 Å². The third kappa shape index (κ3) is 3.83. The monoisotopic (exact) mass is 415 g/mol. The fourth-order valence-electron chi connectivity index (χ4n) is 3.38. The predicted octanol–water partition coefficient (Wildman–Crippen LogP) is 1.79. The largest absolute Gasteiger partial charge is 0.348 e. The first-order valence-corrected chi connectivity index (χ1v) is 10.7. The van der Waals surface area contributed by atoms with Crippen LogP contribution in [0.4, 0.5) is 10.1 Å². The van der Waals surface area contributed by atoms with E-state index in [0.717, 1.165) is 11.8 Å². The van der Waals surface area contributed by atoms with E-state index in [9.17, 15) is 17.6 Å². The van der Waals surface area contributed by atoms with Crippen molar-refractivity contribution in [1.82, 2.24) is 20.5 Å². The molecule has 0 unspecified atom stereocenters. The molecule has 0 spiro atoms. The number of aromatic nitrogens is 3. The minimum Gasteiger partial charge on any atom is -0.348 e. The van der Waals surface area contributed by atoms with Gasteiger partial charge in [-0.2, -0.15) is 5.10 Å². The molecule has 2 aromatic carbocycles. The average molecular weight is 415 g/mol. The summed E-state index contributed by atoms with van der Waals surface area (Å²) in [6.45, 7) is 0.432. The van der Waals surface area contributed by atoms with Gasteiger partial charge in [-0.05, 0) is 41.5 Å². The van der Waals surface area contributed by atoms with Gasteiger partial charge in [0.05, 0.1) is 17.9 Å². The number of carbonyl (C=O) groups excluding carboxylic acids is 1. The average Bonchev–Trinajstić information content (AvgIpc) is 3.34. The molecule has 1 amide bonds. The highest BCUT2D eigenvalue weighted by Crippen LogP contribution is 2.40. The number of anilines is 1. The van der Waals surface area contributed by atoms with Crippen LogP contribution in [-0.4, -0.2) is 42.3 Å². The van der Waals surface area contributed by atoms with Crippen LogP contribution < -0.4 is 9.62 Å². The van der Waals surface area contributed by atoms with E-state index in [1.807, 2.05) is 0 Å². The van der Waals surface area contributed by atoms with E-state index in [-0.39, 0.29) is 30.7 Å². The summed E-state index contributed by atoms with van der Waals surface area (Å²) >= 11 is 0. The lowest BCUT2D eigenvalue weighted by molar-refractivity contribution is 0.0951. The van der Waals surface area contributed by atoms with E-state index in [1.165, 1.54) is 22.8 Å². The van der Waals surface area contributed by atoms with Crippen molar-refractivity contribution in [2.45, 2.75) is 12.5 Å². The van der Waals surface area contributed by atoms with Gasteiger partial charge < -0.3 is 5.32 Å². The van der Waals surface area contributed by atoms with Crippen molar-refractivity contribution in [2.75, 3.05) is 17.1 Å². The molecule has 0 fully saturated rings. The van der Waals surface area contributed by atoms with Crippen molar-refractivity contribution >= 4 is 21.6 Å². The van der Waals surface area contributed by atoms with Gasteiger partial charge in [0.15, 0.2) is 0 Å². The number of sulfonamides is 1. The lowest BCUT2D eigenvalue weighted by Crippen LogP contribution is -2.29. The van der Waals surface area contributed by atoms with E-state index in [0.29, 0.717) is 22.6 Å². The molecular weight excluding hydrogens is 397 g/mol. The van der Waals surface area contributed by atoms with Crippen LogP contribution in [0.1, 0.15) is 33.2 Å². The normalized spacial score (nSPS) is 15.9. The number of amides is 1. The lowest BCUT2D eigenvalue weighted by atomic mass is 9.98. The molecule has 1 aliphatic heterocycles. The van der Waals surface area contributed by atoms with Crippen LogP contribution >= 0.6 is 0 Å². The summed E-state index contributed by atoms with van der Waals surface area (Å²) in [5.74, 6) is -0.479. The molecule has 0 saturated carbocycles. The summed E-state index contributed by atoms with van der Waals surface area (Å²) < 4.78 is 38.7. The first-order chi connectivity index (χ1) is 13.8. The predicted molar refractivity (Wildman–Crippen MR) is 104 cm³/mol. The van der Waals surface area contributed by atoms with E-state index in [4.69, 9.17) is 0 Å². The van der Waals surface area contributed by atoms with Gasteiger partial charge in [0.25, 0.3) is 5.91 Å². The Morgan fingerprint density at radius 2 is 2.03 bits per heavy atom. The third-order valence-corrected chi connectivity index (χ3v) is 5.96. The topological polar surface area (TPSA) is 108 Å². The minimum absolute atomic E-state index is 0.185. The third-order valence-electron chi connectivity index (χ3n) is 4.81. The molecule has 0 bridgehead atoms. The van der Waals surface area contributed by atoms with Gasteiger partial charge in [-0.3, -0.25) is 14.2 Å². The molecule has 0 radical (unpaired) electrons. The first-order valence-electron chi connectivity index (χ1n) is 8.82. The summed E-state index contributed by atoms with van der Waals surface area (Å²) in [4.78, 5) is 16.8. The number of hydrogen-bond donors (Lipinski definition) is 2. The van der Waals surface area contributed by atoms with Crippen molar-refractivity contribution in [3.05, 3.63) is 77.1 Å². The summed E-state index contributed by atoms with van der Waals surface area (Å²) in [5, 5.41) is 9.41. The van der Waals surface area contributed by atoms with Crippen LogP contribution in [0, 0.1) is 5.82 Å². The lowest BCUT2D eigenvalue weighted by Gasteiger charge is -2.16. The van der Waals surface area contributed by atoms with E-state index < -0.39 is 10.0 Å². The number of halogens is 1. The number of hydrogen-bond acceptors (Lipinski definition) is 5. The first kappa shape index (κ1) is 19.1. The molecular formula is C19H18FN5O3S. The molecule has 2 N–H and O–H groups in total. The summed E-state index contributed by atoms with van der Waals surface area (Å²) in [5.41, 5.74) is 2.36. The molecule has 10 heteroatoms. The zero-order chi connectivity index (χ0) is 20.6. The van der Waals surface area contributed by atoms with Crippen LogP contribution in [0.5, 0.6) is 0 Å². The highest BCUT2D eigenvalue weighted by molar-refractivity contribution is 7.92. The number of nitrogens with one attached hydrogen (secondary N) is 2. The van der Waals surface area contributed by atoms with E-state index in [2.05, 4.69) is 20.5 Å². The molecule has 4 rings (SSSR count).